The Kier molecular flexibility index (Phi) is 4.97. The summed E-state index contributed by atoms with van der Waals surface area (Å²) in [5, 5.41) is 2.59. The Morgan fingerprint density at radius 1 is 1.33 bits per heavy atom. The molecule has 0 radical (unpaired) electrons. The Morgan fingerprint density at radius 3 is 2.52 bits per heavy atom. The van der Waals surface area contributed by atoms with E-state index in [1.54, 1.807) is 19.1 Å². The lowest BCUT2D eigenvalue weighted by Gasteiger charge is -2.20. The Bertz CT molecular complexity index is 592. The number of hydrogen-bond acceptors (Lipinski definition) is 4. The second kappa shape index (κ2) is 6.55. The van der Waals surface area contributed by atoms with Gasteiger partial charge in [-0.3, -0.25) is 4.79 Å². The average molecular weight is 312 g/mol. The number of carbonyl (C=O) groups excluding carboxylic acids is 1. The maximum Gasteiger partial charge on any atom is 0.240 e. The van der Waals surface area contributed by atoms with Gasteiger partial charge in [0.2, 0.25) is 15.9 Å². The van der Waals surface area contributed by atoms with Gasteiger partial charge in [-0.25, -0.2) is 13.1 Å². The molecule has 7 heteroatoms. The van der Waals surface area contributed by atoms with E-state index in [4.69, 9.17) is 4.74 Å². The molecule has 1 aliphatic rings. The zero-order chi connectivity index (χ0) is 15.5. The Hall–Kier alpha value is -1.44. The third kappa shape index (κ3) is 4.26. The predicted molar refractivity (Wildman–Crippen MR) is 79.5 cm³/mol. The molecule has 1 aliphatic heterocycles. The van der Waals surface area contributed by atoms with Crippen molar-refractivity contribution < 1.29 is 17.9 Å². The zero-order valence-electron chi connectivity index (χ0n) is 12.1. The third-order valence-electron chi connectivity index (χ3n) is 3.35. The van der Waals surface area contributed by atoms with Crippen molar-refractivity contribution in [1.29, 1.82) is 0 Å². The lowest BCUT2D eigenvalue weighted by Crippen LogP contribution is -2.40. The van der Waals surface area contributed by atoms with Crippen LogP contribution in [0.15, 0.2) is 29.2 Å². The standard InChI is InChI=1S/C14H20N2O4S/c1-10(14-4-3-9-20-14)16-21(18,19)13-7-5-12(6-8-13)15-11(2)17/h5-8,10,14,16H,3-4,9H2,1-2H3,(H,15,17)/t10-,14-/m1/s1. The first-order valence-corrected chi connectivity index (χ1v) is 8.38. The van der Waals surface area contributed by atoms with Crippen LogP contribution in [0.1, 0.15) is 26.7 Å². The maximum absolute atomic E-state index is 12.3. The Labute approximate surface area is 124 Å². The van der Waals surface area contributed by atoms with E-state index in [1.165, 1.54) is 19.1 Å². The van der Waals surface area contributed by atoms with Crippen molar-refractivity contribution in [3.05, 3.63) is 24.3 Å². The first kappa shape index (κ1) is 15.9. The van der Waals surface area contributed by atoms with Crippen LogP contribution in [0.2, 0.25) is 0 Å². The minimum Gasteiger partial charge on any atom is -0.377 e. The molecule has 6 nitrogen and oxygen atoms in total. The first-order valence-electron chi connectivity index (χ1n) is 6.90. The highest BCUT2D eigenvalue weighted by atomic mass is 32.2. The molecule has 1 saturated heterocycles. The second-order valence-corrected chi connectivity index (χ2v) is 6.88. The smallest absolute Gasteiger partial charge is 0.240 e. The highest BCUT2D eigenvalue weighted by Gasteiger charge is 2.26. The number of benzene rings is 1. The van der Waals surface area contributed by atoms with Crippen molar-refractivity contribution in [2.45, 2.75) is 43.7 Å². The molecule has 2 N–H and O–H groups in total. The molecular weight excluding hydrogens is 292 g/mol. The van der Waals surface area contributed by atoms with Gasteiger partial charge in [0.25, 0.3) is 0 Å². The topological polar surface area (TPSA) is 84.5 Å². The summed E-state index contributed by atoms with van der Waals surface area (Å²) < 4.78 is 32.7. The van der Waals surface area contributed by atoms with Crippen LogP contribution in [0.25, 0.3) is 0 Å². The van der Waals surface area contributed by atoms with E-state index in [0.717, 1.165) is 12.8 Å². The van der Waals surface area contributed by atoms with Crippen molar-refractivity contribution in [3.63, 3.8) is 0 Å². The summed E-state index contributed by atoms with van der Waals surface area (Å²) >= 11 is 0. The second-order valence-electron chi connectivity index (χ2n) is 5.17. The molecule has 1 amide bonds. The minimum atomic E-state index is -3.58. The van der Waals surface area contributed by atoms with Gasteiger partial charge in [0, 0.05) is 25.3 Å². The number of hydrogen-bond donors (Lipinski definition) is 2. The van der Waals surface area contributed by atoms with Crippen LogP contribution < -0.4 is 10.0 Å². The number of ether oxygens (including phenoxy) is 1. The number of rotatable bonds is 5. The van der Waals surface area contributed by atoms with Crippen LogP contribution in [0.5, 0.6) is 0 Å². The minimum absolute atomic E-state index is 0.0709. The summed E-state index contributed by atoms with van der Waals surface area (Å²) in [5.41, 5.74) is 0.564. The molecular formula is C14H20N2O4S. The molecule has 21 heavy (non-hydrogen) atoms. The maximum atomic E-state index is 12.3. The molecule has 0 spiro atoms. The largest absolute Gasteiger partial charge is 0.377 e. The fourth-order valence-electron chi connectivity index (χ4n) is 2.31. The van der Waals surface area contributed by atoms with Gasteiger partial charge in [0.1, 0.15) is 0 Å². The first-order chi connectivity index (χ1) is 9.88. The van der Waals surface area contributed by atoms with Gasteiger partial charge in [-0.15, -0.1) is 0 Å². The highest BCUT2D eigenvalue weighted by Crippen LogP contribution is 2.19. The van der Waals surface area contributed by atoms with Crippen LogP contribution in [-0.2, 0) is 19.6 Å². The molecule has 0 saturated carbocycles. The van der Waals surface area contributed by atoms with Crippen LogP contribution >= 0.6 is 0 Å². The molecule has 0 aromatic heterocycles. The molecule has 116 valence electrons. The van der Waals surface area contributed by atoms with Gasteiger partial charge in [-0.05, 0) is 44.0 Å². The number of amides is 1. The summed E-state index contributed by atoms with van der Waals surface area (Å²) in [6.45, 7) is 3.89. The van der Waals surface area contributed by atoms with E-state index in [-0.39, 0.29) is 22.9 Å². The van der Waals surface area contributed by atoms with Crippen LogP contribution in [0.4, 0.5) is 5.69 Å². The van der Waals surface area contributed by atoms with Crippen LogP contribution in [0.3, 0.4) is 0 Å². The fourth-order valence-corrected chi connectivity index (χ4v) is 3.58. The van der Waals surface area contributed by atoms with Gasteiger partial charge in [0.15, 0.2) is 0 Å². The average Bonchev–Trinajstić information content (AvgIpc) is 2.92. The van der Waals surface area contributed by atoms with E-state index >= 15 is 0 Å². The molecule has 2 atom stereocenters. The zero-order valence-corrected chi connectivity index (χ0v) is 12.9. The van der Waals surface area contributed by atoms with Crippen LogP contribution in [0, 0.1) is 0 Å². The van der Waals surface area contributed by atoms with E-state index in [1.807, 2.05) is 0 Å². The van der Waals surface area contributed by atoms with Crippen molar-refractivity contribution in [2.75, 3.05) is 11.9 Å². The van der Waals surface area contributed by atoms with E-state index in [9.17, 15) is 13.2 Å². The normalized spacial score (nSPS) is 20.2. The van der Waals surface area contributed by atoms with Gasteiger partial charge in [-0.1, -0.05) is 0 Å². The van der Waals surface area contributed by atoms with Gasteiger partial charge >= 0.3 is 0 Å². The van der Waals surface area contributed by atoms with E-state index < -0.39 is 10.0 Å². The van der Waals surface area contributed by atoms with Crippen molar-refractivity contribution in [1.82, 2.24) is 4.72 Å². The van der Waals surface area contributed by atoms with Crippen molar-refractivity contribution in [3.8, 4) is 0 Å². The van der Waals surface area contributed by atoms with Crippen molar-refractivity contribution in [2.24, 2.45) is 0 Å². The van der Waals surface area contributed by atoms with Gasteiger partial charge < -0.3 is 10.1 Å². The molecule has 1 aromatic rings. The Balaban J connectivity index is 2.06. The number of sulfonamides is 1. The third-order valence-corrected chi connectivity index (χ3v) is 4.92. The van der Waals surface area contributed by atoms with Crippen LogP contribution in [-0.4, -0.2) is 33.1 Å². The molecule has 0 unspecified atom stereocenters. The number of nitrogens with one attached hydrogen (secondary N) is 2. The quantitative estimate of drug-likeness (QED) is 0.863. The predicted octanol–water partition coefficient (Wildman–Crippen LogP) is 1.49. The van der Waals surface area contributed by atoms with E-state index in [0.29, 0.717) is 12.3 Å². The fraction of sp³-hybridized carbons (Fsp3) is 0.500. The lowest BCUT2D eigenvalue weighted by atomic mass is 10.1. The van der Waals surface area contributed by atoms with Crippen molar-refractivity contribution >= 4 is 21.6 Å². The molecule has 1 aromatic carbocycles. The molecule has 2 rings (SSSR count). The number of carbonyl (C=O) groups is 1. The summed E-state index contributed by atoms with van der Waals surface area (Å²) in [7, 11) is -3.58. The summed E-state index contributed by atoms with van der Waals surface area (Å²) in [5.74, 6) is -0.198. The Morgan fingerprint density at radius 2 is 2.00 bits per heavy atom. The summed E-state index contributed by atoms with van der Waals surface area (Å²) in [6.07, 6.45) is 1.76. The van der Waals surface area contributed by atoms with E-state index in [2.05, 4.69) is 10.0 Å². The molecule has 0 aliphatic carbocycles. The monoisotopic (exact) mass is 312 g/mol. The molecule has 0 bridgehead atoms. The molecule has 1 heterocycles. The lowest BCUT2D eigenvalue weighted by molar-refractivity contribution is -0.114. The highest BCUT2D eigenvalue weighted by molar-refractivity contribution is 7.89. The summed E-state index contributed by atoms with van der Waals surface area (Å²) in [6, 6.07) is 5.79. The number of anilines is 1. The van der Waals surface area contributed by atoms with Gasteiger partial charge in [0.05, 0.1) is 11.0 Å². The SMILES string of the molecule is CC(=O)Nc1ccc(S(=O)(=O)N[C@H](C)[C@H]2CCCO2)cc1. The van der Waals surface area contributed by atoms with Gasteiger partial charge in [-0.2, -0.15) is 0 Å². The summed E-state index contributed by atoms with van der Waals surface area (Å²) in [4.78, 5) is 11.1. The molecule has 1 fully saturated rings.